The Kier molecular flexibility index (Phi) is 3.77. The number of aromatic amines is 1. The van der Waals surface area contributed by atoms with E-state index in [1.165, 1.54) is 4.68 Å². The van der Waals surface area contributed by atoms with E-state index in [1.807, 2.05) is 37.4 Å². The van der Waals surface area contributed by atoms with E-state index in [0.717, 1.165) is 21.8 Å². The molecule has 0 bridgehead atoms. The third-order valence-corrected chi connectivity index (χ3v) is 6.15. The fraction of sp³-hybridized carbons (Fsp3) is 0.250. The minimum atomic E-state index is -0.274. The lowest BCUT2D eigenvalue weighted by Gasteiger charge is -2.22. The second-order valence-corrected chi connectivity index (χ2v) is 8.10. The monoisotopic (exact) mass is 391 g/mol. The molecular weight excluding hydrogens is 374 g/mol. The van der Waals surface area contributed by atoms with Gasteiger partial charge in [-0.25, -0.2) is 15.0 Å². The minimum Gasteiger partial charge on any atom is -0.294 e. The number of thiophene rings is 1. The Labute approximate surface area is 164 Å². The zero-order chi connectivity index (χ0) is 19.4. The minimum absolute atomic E-state index is 0.0313. The van der Waals surface area contributed by atoms with Crippen molar-refractivity contribution >= 4 is 28.2 Å². The topological polar surface area (TPSA) is 93.5 Å². The van der Waals surface area contributed by atoms with Crippen molar-refractivity contribution in [2.75, 3.05) is 0 Å². The molecular formula is C20H17N5O2S. The maximum absolute atomic E-state index is 13.2. The molecule has 0 aliphatic heterocycles. The van der Waals surface area contributed by atoms with Crippen molar-refractivity contribution in [3.63, 3.8) is 0 Å². The highest BCUT2D eigenvalue weighted by Gasteiger charge is 2.30. The van der Waals surface area contributed by atoms with E-state index in [0.29, 0.717) is 29.4 Å². The molecule has 28 heavy (non-hydrogen) atoms. The number of nitrogens with one attached hydrogen (secondary N) is 1. The summed E-state index contributed by atoms with van der Waals surface area (Å²) in [5.74, 6) is 0.404. The van der Waals surface area contributed by atoms with Crippen LogP contribution in [0.5, 0.6) is 0 Å². The van der Waals surface area contributed by atoms with Crippen LogP contribution in [-0.4, -0.2) is 30.5 Å². The lowest BCUT2D eigenvalue weighted by molar-refractivity contribution is 0.0965. The Morgan fingerprint density at radius 1 is 1.18 bits per heavy atom. The number of fused-ring (bicyclic) bond motifs is 3. The average molecular weight is 391 g/mol. The molecule has 5 rings (SSSR count). The number of ketones is 1. The van der Waals surface area contributed by atoms with Crippen LogP contribution in [0.3, 0.4) is 0 Å². The molecule has 0 unspecified atom stereocenters. The molecule has 1 aliphatic carbocycles. The summed E-state index contributed by atoms with van der Waals surface area (Å²) in [6, 6.07) is 5.88. The van der Waals surface area contributed by atoms with E-state index >= 15 is 0 Å². The van der Waals surface area contributed by atoms with E-state index in [1.54, 1.807) is 17.5 Å². The molecule has 0 aromatic carbocycles. The molecule has 7 nitrogen and oxygen atoms in total. The number of hydrogen-bond acceptors (Lipinski definition) is 6. The molecule has 1 aliphatic rings. The van der Waals surface area contributed by atoms with E-state index in [2.05, 4.69) is 20.1 Å². The van der Waals surface area contributed by atoms with Crippen LogP contribution in [-0.2, 0) is 6.42 Å². The summed E-state index contributed by atoms with van der Waals surface area (Å²) in [7, 11) is 0. The van der Waals surface area contributed by atoms with Crippen molar-refractivity contribution in [3.05, 3.63) is 67.5 Å². The molecule has 4 aromatic heterocycles. The first-order chi connectivity index (χ1) is 13.5. The van der Waals surface area contributed by atoms with Gasteiger partial charge in [-0.3, -0.25) is 14.7 Å². The van der Waals surface area contributed by atoms with Crippen LogP contribution in [0, 0.1) is 13.8 Å². The van der Waals surface area contributed by atoms with Gasteiger partial charge < -0.3 is 0 Å². The number of aryl methyl sites for hydroxylation is 2. The number of aromatic nitrogens is 5. The summed E-state index contributed by atoms with van der Waals surface area (Å²) in [4.78, 5) is 40.2. The molecule has 140 valence electrons. The van der Waals surface area contributed by atoms with Gasteiger partial charge >= 0.3 is 0 Å². The summed E-state index contributed by atoms with van der Waals surface area (Å²) < 4.78 is 1.32. The number of carbonyl (C=O) groups is 1. The number of H-pyrrole nitrogens is 1. The van der Waals surface area contributed by atoms with Crippen molar-refractivity contribution in [1.82, 2.24) is 24.7 Å². The SMILES string of the molecule is Cc1cc(C)nc(-n2[nH]c3ncc4c(c3c2=O)C[C@H](c2cccs2)CC4=O)n1. The molecule has 0 spiro atoms. The number of pyridine rings is 1. The molecule has 1 N–H and O–H groups in total. The van der Waals surface area contributed by atoms with Crippen LogP contribution in [0.4, 0.5) is 0 Å². The van der Waals surface area contributed by atoms with Crippen molar-refractivity contribution < 1.29 is 4.79 Å². The van der Waals surface area contributed by atoms with Crippen molar-refractivity contribution in [3.8, 4) is 5.95 Å². The number of Topliss-reactive ketones (excluding diaryl/α,β-unsaturated/α-hetero) is 1. The second kappa shape index (κ2) is 6.20. The highest BCUT2D eigenvalue weighted by molar-refractivity contribution is 7.10. The van der Waals surface area contributed by atoms with E-state index in [9.17, 15) is 9.59 Å². The van der Waals surface area contributed by atoms with Crippen LogP contribution in [0.1, 0.15) is 44.5 Å². The zero-order valence-corrected chi connectivity index (χ0v) is 16.2. The van der Waals surface area contributed by atoms with Gasteiger partial charge in [0.05, 0.1) is 5.39 Å². The first kappa shape index (κ1) is 17.0. The molecule has 0 amide bonds. The van der Waals surface area contributed by atoms with E-state index in [4.69, 9.17) is 0 Å². The van der Waals surface area contributed by atoms with E-state index in [-0.39, 0.29) is 23.2 Å². The normalized spacial score (nSPS) is 16.5. The van der Waals surface area contributed by atoms with Gasteiger partial charge in [-0.05, 0) is 43.3 Å². The Morgan fingerprint density at radius 3 is 2.68 bits per heavy atom. The van der Waals surface area contributed by atoms with Gasteiger partial charge in [0, 0.05) is 40.4 Å². The Bertz CT molecular complexity index is 1270. The first-order valence-electron chi connectivity index (χ1n) is 9.03. The molecule has 0 radical (unpaired) electrons. The maximum atomic E-state index is 13.2. The van der Waals surface area contributed by atoms with Crippen LogP contribution >= 0.6 is 11.3 Å². The molecule has 4 aromatic rings. The van der Waals surface area contributed by atoms with Gasteiger partial charge in [-0.2, -0.15) is 4.68 Å². The fourth-order valence-electron chi connectivity index (χ4n) is 3.91. The third kappa shape index (κ3) is 2.60. The fourth-order valence-corrected chi connectivity index (χ4v) is 4.74. The van der Waals surface area contributed by atoms with Crippen LogP contribution in [0.25, 0.3) is 17.0 Å². The van der Waals surface area contributed by atoms with E-state index < -0.39 is 0 Å². The average Bonchev–Trinajstić information content (AvgIpc) is 3.29. The highest BCUT2D eigenvalue weighted by Crippen LogP contribution is 2.36. The number of rotatable bonds is 2. The smallest absolute Gasteiger partial charge is 0.283 e. The quantitative estimate of drug-likeness (QED) is 0.567. The molecule has 0 saturated heterocycles. The lowest BCUT2D eigenvalue weighted by Crippen LogP contribution is -2.22. The Hall–Kier alpha value is -3.13. The Balaban J connectivity index is 1.71. The van der Waals surface area contributed by atoms with Gasteiger partial charge in [-0.1, -0.05) is 6.07 Å². The predicted molar refractivity (Wildman–Crippen MR) is 106 cm³/mol. The third-order valence-electron chi connectivity index (χ3n) is 5.12. The molecule has 8 heteroatoms. The van der Waals surface area contributed by atoms with Crippen molar-refractivity contribution in [2.24, 2.45) is 0 Å². The first-order valence-corrected chi connectivity index (χ1v) is 9.91. The van der Waals surface area contributed by atoms with Crippen molar-refractivity contribution in [1.29, 1.82) is 0 Å². The van der Waals surface area contributed by atoms with Gasteiger partial charge in [0.1, 0.15) is 0 Å². The molecule has 1 atom stereocenters. The number of nitrogens with zero attached hydrogens (tertiary/aromatic N) is 4. The summed E-state index contributed by atoms with van der Waals surface area (Å²) in [6.45, 7) is 3.71. The van der Waals surface area contributed by atoms with Crippen LogP contribution in [0.2, 0.25) is 0 Å². The van der Waals surface area contributed by atoms with Gasteiger partial charge in [0.15, 0.2) is 11.4 Å². The van der Waals surface area contributed by atoms with Gasteiger partial charge in [0.2, 0.25) is 0 Å². The van der Waals surface area contributed by atoms with Gasteiger partial charge in [0.25, 0.3) is 11.5 Å². The summed E-state index contributed by atoms with van der Waals surface area (Å²) in [6.07, 6.45) is 2.66. The second-order valence-electron chi connectivity index (χ2n) is 7.12. The standard InChI is InChI=1S/C20H17N5O2S/c1-10-6-11(2)23-20(22-10)25-19(27)17-13-7-12(16-4-3-5-28-16)8-15(26)14(13)9-21-18(17)24-25/h3-6,9,12H,7-8H2,1-2H3,(H,21,24)/t12-/m0/s1. The predicted octanol–water partition coefficient (Wildman–Crippen LogP) is 3.09. The van der Waals surface area contributed by atoms with Crippen LogP contribution in [0.15, 0.2) is 34.6 Å². The largest absolute Gasteiger partial charge is 0.294 e. The summed E-state index contributed by atoms with van der Waals surface area (Å²) >= 11 is 1.64. The van der Waals surface area contributed by atoms with Crippen LogP contribution < -0.4 is 5.56 Å². The van der Waals surface area contributed by atoms with Gasteiger partial charge in [-0.15, -0.1) is 11.3 Å². The summed E-state index contributed by atoms with van der Waals surface area (Å²) in [5.41, 5.74) is 3.04. The van der Waals surface area contributed by atoms with Crippen molar-refractivity contribution in [2.45, 2.75) is 32.6 Å². The molecule has 0 fully saturated rings. The Morgan fingerprint density at radius 2 is 1.96 bits per heavy atom. The summed E-state index contributed by atoms with van der Waals surface area (Å²) in [5, 5.41) is 5.47. The lowest BCUT2D eigenvalue weighted by atomic mass is 9.82. The maximum Gasteiger partial charge on any atom is 0.283 e. The zero-order valence-electron chi connectivity index (χ0n) is 15.4. The molecule has 0 saturated carbocycles. The number of carbonyl (C=O) groups excluding carboxylic acids is 1. The number of hydrogen-bond donors (Lipinski definition) is 1. The molecule has 4 heterocycles. The highest BCUT2D eigenvalue weighted by atomic mass is 32.1.